The molecule has 1 aliphatic rings. The van der Waals surface area contributed by atoms with E-state index in [-0.39, 0.29) is 6.54 Å². The Labute approximate surface area is 101 Å². The van der Waals surface area contributed by atoms with Crippen LogP contribution in [0.2, 0.25) is 0 Å². The molecule has 4 heteroatoms. The van der Waals surface area contributed by atoms with Crippen molar-refractivity contribution >= 4 is 5.69 Å². The summed E-state index contributed by atoms with van der Waals surface area (Å²) in [6.45, 7) is 1.44. The van der Waals surface area contributed by atoms with E-state index in [2.05, 4.69) is 17.4 Å². The molecule has 0 spiro atoms. The lowest BCUT2D eigenvalue weighted by Crippen LogP contribution is -2.35. The quantitative estimate of drug-likeness (QED) is 0.869. The van der Waals surface area contributed by atoms with Gasteiger partial charge in [-0.05, 0) is 31.0 Å². The van der Waals surface area contributed by atoms with Gasteiger partial charge in [0.15, 0.2) is 0 Å². The lowest BCUT2D eigenvalue weighted by atomic mass is 9.93. The first-order valence-electron chi connectivity index (χ1n) is 5.93. The van der Waals surface area contributed by atoms with Crippen molar-refractivity contribution in [2.75, 3.05) is 32.0 Å². The van der Waals surface area contributed by atoms with Crippen LogP contribution in [0.1, 0.15) is 5.56 Å². The molecule has 0 saturated heterocycles. The highest BCUT2D eigenvalue weighted by molar-refractivity contribution is 5.53. The van der Waals surface area contributed by atoms with Crippen LogP contribution in [0.15, 0.2) is 24.3 Å². The van der Waals surface area contributed by atoms with Crippen LogP contribution in [0.3, 0.4) is 0 Å². The molecular weight excluding hydrogens is 222 g/mol. The van der Waals surface area contributed by atoms with Crippen LogP contribution >= 0.6 is 0 Å². The Morgan fingerprint density at radius 1 is 1.41 bits per heavy atom. The number of hydrogen-bond acceptors (Lipinski definition) is 2. The molecule has 1 atom stereocenters. The molecule has 0 saturated carbocycles. The third-order valence-electron chi connectivity index (χ3n) is 3.13. The monoisotopic (exact) mass is 240 g/mol. The van der Waals surface area contributed by atoms with Gasteiger partial charge in [-0.15, -0.1) is 0 Å². The van der Waals surface area contributed by atoms with E-state index in [9.17, 15) is 8.78 Å². The lowest BCUT2D eigenvalue weighted by molar-refractivity contribution is 0.0937. The largest absolute Gasteiger partial charge is 0.384 e. The lowest BCUT2D eigenvalue weighted by Gasteiger charge is -2.29. The third kappa shape index (κ3) is 3.40. The Morgan fingerprint density at radius 3 is 2.94 bits per heavy atom. The van der Waals surface area contributed by atoms with E-state index >= 15 is 0 Å². The SMILES string of the molecule is CN(CC(F)F)CC1CNc2ccccc2C1. The summed E-state index contributed by atoms with van der Waals surface area (Å²) in [5, 5.41) is 3.36. The summed E-state index contributed by atoms with van der Waals surface area (Å²) in [7, 11) is 1.76. The summed E-state index contributed by atoms with van der Waals surface area (Å²) >= 11 is 0. The second-order valence-corrected chi connectivity index (χ2v) is 4.72. The van der Waals surface area contributed by atoms with Crippen LogP contribution in [-0.4, -0.2) is 38.0 Å². The normalized spacial score (nSPS) is 19.2. The van der Waals surface area contributed by atoms with Crippen molar-refractivity contribution in [3.8, 4) is 0 Å². The second kappa shape index (κ2) is 5.45. The van der Waals surface area contributed by atoms with E-state index in [0.717, 1.165) is 13.0 Å². The molecule has 94 valence electrons. The van der Waals surface area contributed by atoms with Crippen LogP contribution in [-0.2, 0) is 6.42 Å². The molecule has 2 rings (SSSR count). The van der Waals surface area contributed by atoms with Crippen molar-refractivity contribution in [2.45, 2.75) is 12.8 Å². The highest BCUT2D eigenvalue weighted by Gasteiger charge is 2.20. The van der Waals surface area contributed by atoms with Crippen molar-refractivity contribution in [3.05, 3.63) is 29.8 Å². The van der Waals surface area contributed by atoms with Gasteiger partial charge in [-0.3, -0.25) is 0 Å². The zero-order valence-corrected chi connectivity index (χ0v) is 10.00. The molecule has 1 N–H and O–H groups in total. The first-order chi connectivity index (χ1) is 8.15. The van der Waals surface area contributed by atoms with Crippen molar-refractivity contribution in [3.63, 3.8) is 0 Å². The number of nitrogens with one attached hydrogen (secondary N) is 1. The van der Waals surface area contributed by atoms with Crippen molar-refractivity contribution in [1.29, 1.82) is 0 Å². The molecule has 0 fully saturated rings. The number of hydrogen-bond donors (Lipinski definition) is 1. The van der Waals surface area contributed by atoms with Gasteiger partial charge >= 0.3 is 0 Å². The van der Waals surface area contributed by atoms with E-state index in [0.29, 0.717) is 12.5 Å². The number of benzene rings is 1. The minimum Gasteiger partial charge on any atom is -0.384 e. The maximum atomic E-state index is 12.2. The standard InChI is InChI=1S/C13H18F2N2/c1-17(9-13(14)15)8-10-6-11-4-2-3-5-12(11)16-7-10/h2-5,10,13,16H,6-9H2,1H3. The number of alkyl halides is 2. The van der Waals surface area contributed by atoms with Crippen molar-refractivity contribution in [2.24, 2.45) is 5.92 Å². The molecule has 0 aliphatic carbocycles. The van der Waals surface area contributed by atoms with E-state index < -0.39 is 6.43 Å². The third-order valence-corrected chi connectivity index (χ3v) is 3.13. The molecule has 1 heterocycles. The molecule has 1 aromatic rings. The summed E-state index contributed by atoms with van der Waals surface area (Å²) in [6, 6.07) is 8.19. The Hall–Kier alpha value is -1.16. The number of nitrogens with zero attached hydrogens (tertiary/aromatic N) is 1. The fourth-order valence-electron chi connectivity index (χ4n) is 2.39. The van der Waals surface area contributed by atoms with E-state index in [4.69, 9.17) is 0 Å². The van der Waals surface area contributed by atoms with Crippen molar-refractivity contribution < 1.29 is 8.78 Å². The molecule has 1 aromatic carbocycles. The topological polar surface area (TPSA) is 15.3 Å². The van der Waals surface area contributed by atoms with E-state index in [1.54, 1.807) is 11.9 Å². The number of anilines is 1. The summed E-state index contributed by atoms with van der Waals surface area (Å²) in [5.74, 6) is 0.411. The molecule has 0 amide bonds. The zero-order chi connectivity index (χ0) is 12.3. The van der Waals surface area contributed by atoms with Crippen LogP contribution < -0.4 is 5.32 Å². The van der Waals surface area contributed by atoms with Crippen LogP contribution in [0.5, 0.6) is 0 Å². The van der Waals surface area contributed by atoms with Gasteiger partial charge in [0.25, 0.3) is 6.43 Å². The molecule has 2 nitrogen and oxygen atoms in total. The highest BCUT2D eigenvalue weighted by atomic mass is 19.3. The number of fused-ring (bicyclic) bond motifs is 1. The van der Waals surface area contributed by atoms with Crippen molar-refractivity contribution in [1.82, 2.24) is 4.90 Å². The summed E-state index contributed by atoms with van der Waals surface area (Å²) in [4.78, 5) is 1.71. The average molecular weight is 240 g/mol. The van der Waals surface area contributed by atoms with Crippen LogP contribution in [0, 0.1) is 5.92 Å². The highest BCUT2D eigenvalue weighted by Crippen LogP contribution is 2.24. The average Bonchev–Trinajstić information content (AvgIpc) is 2.27. The molecule has 0 aromatic heterocycles. The van der Waals surface area contributed by atoms with Gasteiger partial charge in [-0.2, -0.15) is 0 Å². The van der Waals surface area contributed by atoms with Gasteiger partial charge in [-0.25, -0.2) is 8.78 Å². The Kier molecular flexibility index (Phi) is 3.94. The molecular formula is C13H18F2N2. The van der Waals surface area contributed by atoms with Gasteiger partial charge in [0.1, 0.15) is 0 Å². The zero-order valence-electron chi connectivity index (χ0n) is 10.00. The van der Waals surface area contributed by atoms with Gasteiger partial charge < -0.3 is 10.2 Å². The fraction of sp³-hybridized carbons (Fsp3) is 0.538. The van der Waals surface area contributed by atoms with Crippen LogP contribution in [0.4, 0.5) is 14.5 Å². The Morgan fingerprint density at radius 2 is 2.18 bits per heavy atom. The summed E-state index contributed by atoms with van der Waals surface area (Å²) < 4.78 is 24.4. The Balaban J connectivity index is 1.90. The maximum Gasteiger partial charge on any atom is 0.251 e. The summed E-state index contributed by atoms with van der Waals surface area (Å²) in [5.41, 5.74) is 2.47. The van der Waals surface area contributed by atoms with Gasteiger partial charge in [0.2, 0.25) is 0 Å². The predicted molar refractivity (Wildman–Crippen MR) is 65.6 cm³/mol. The van der Waals surface area contributed by atoms with Gasteiger partial charge in [0, 0.05) is 18.8 Å². The molecule has 0 bridgehead atoms. The first-order valence-corrected chi connectivity index (χ1v) is 5.93. The molecule has 1 unspecified atom stereocenters. The fourth-order valence-corrected chi connectivity index (χ4v) is 2.39. The van der Waals surface area contributed by atoms with E-state index in [1.807, 2.05) is 12.1 Å². The minimum atomic E-state index is -2.25. The number of para-hydroxylation sites is 1. The smallest absolute Gasteiger partial charge is 0.251 e. The van der Waals surface area contributed by atoms with Gasteiger partial charge in [0.05, 0.1) is 6.54 Å². The first kappa shape index (κ1) is 12.3. The number of rotatable bonds is 4. The second-order valence-electron chi connectivity index (χ2n) is 4.72. The summed E-state index contributed by atoms with van der Waals surface area (Å²) in [6.07, 6.45) is -1.28. The number of halogens is 2. The predicted octanol–water partition coefficient (Wildman–Crippen LogP) is 2.47. The molecule has 17 heavy (non-hydrogen) atoms. The maximum absolute atomic E-state index is 12.2. The molecule has 1 aliphatic heterocycles. The van der Waals surface area contributed by atoms with E-state index in [1.165, 1.54) is 11.3 Å². The van der Waals surface area contributed by atoms with Gasteiger partial charge in [-0.1, -0.05) is 18.2 Å². The minimum absolute atomic E-state index is 0.141. The Bertz CT molecular complexity index is 368. The molecule has 0 radical (unpaired) electrons. The van der Waals surface area contributed by atoms with Crippen LogP contribution in [0.25, 0.3) is 0 Å².